The molecule has 0 aliphatic heterocycles. The molecular formula is C14H18N4O2. The average Bonchev–Trinajstić information content (AvgIpc) is 2.43. The fourth-order valence-corrected chi connectivity index (χ4v) is 2.02. The van der Waals surface area contributed by atoms with Gasteiger partial charge in [0, 0.05) is 6.20 Å². The Morgan fingerprint density at radius 3 is 2.50 bits per heavy atom. The van der Waals surface area contributed by atoms with E-state index in [2.05, 4.69) is 10.3 Å². The van der Waals surface area contributed by atoms with Gasteiger partial charge in [-0.3, -0.25) is 9.59 Å². The zero-order valence-electron chi connectivity index (χ0n) is 11.8. The van der Waals surface area contributed by atoms with Gasteiger partial charge in [-0.1, -0.05) is 20.8 Å². The summed E-state index contributed by atoms with van der Waals surface area (Å²) in [7, 11) is 0. The van der Waals surface area contributed by atoms with Crippen molar-refractivity contribution in [2.75, 3.05) is 0 Å². The molecule has 0 radical (unpaired) electrons. The molecule has 2 amide bonds. The quantitative estimate of drug-likeness (QED) is 0.833. The third-order valence-corrected chi connectivity index (χ3v) is 3.44. The van der Waals surface area contributed by atoms with Gasteiger partial charge in [0.05, 0.1) is 5.56 Å². The number of carbonyl (C=O) groups is 2. The van der Waals surface area contributed by atoms with Crippen LogP contribution >= 0.6 is 0 Å². The van der Waals surface area contributed by atoms with Gasteiger partial charge in [0.15, 0.2) is 0 Å². The molecular weight excluding hydrogens is 256 g/mol. The van der Waals surface area contributed by atoms with Crippen molar-refractivity contribution in [1.29, 1.82) is 5.26 Å². The lowest BCUT2D eigenvalue weighted by atomic mass is 9.83. The van der Waals surface area contributed by atoms with Gasteiger partial charge in [0.25, 0.3) is 5.91 Å². The number of primary amides is 1. The third-order valence-electron chi connectivity index (χ3n) is 3.44. The normalized spacial score (nSPS) is 13.3. The summed E-state index contributed by atoms with van der Waals surface area (Å²) in [5, 5.41) is 11.4. The van der Waals surface area contributed by atoms with Crippen LogP contribution < -0.4 is 11.1 Å². The van der Waals surface area contributed by atoms with Crippen LogP contribution in [0.15, 0.2) is 18.3 Å². The van der Waals surface area contributed by atoms with Crippen LogP contribution in [0.2, 0.25) is 0 Å². The van der Waals surface area contributed by atoms with Crippen molar-refractivity contribution in [3.8, 4) is 6.07 Å². The lowest BCUT2D eigenvalue weighted by Gasteiger charge is -2.34. The summed E-state index contributed by atoms with van der Waals surface area (Å²) in [6.07, 6.45) is 1.70. The molecule has 1 aromatic heterocycles. The number of carbonyl (C=O) groups excluding carboxylic acids is 2. The Bertz CT molecular complexity index is 545. The van der Waals surface area contributed by atoms with Gasteiger partial charge in [-0.15, -0.1) is 0 Å². The number of rotatable bonds is 5. The number of nitrogens with one attached hydrogen (secondary N) is 1. The average molecular weight is 274 g/mol. The van der Waals surface area contributed by atoms with Crippen LogP contribution in [0.1, 0.15) is 43.2 Å². The molecule has 6 heteroatoms. The molecule has 0 saturated heterocycles. The summed E-state index contributed by atoms with van der Waals surface area (Å²) in [6, 6.07) is 4.86. The van der Waals surface area contributed by atoms with Crippen LogP contribution in [-0.4, -0.2) is 22.3 Å². The molecule has 0 aromatic carbocycles. The van der Waals surface area contributed by atoms with Crippen LogP contribution in [0.5, 0.6) is 0 Å². The second kappa shape index (κ2) is 6.15. The van der Waals surface area contributed by atoms with Crippen molar-refractivity contribution >= 4 is 11.8 Å². The van der Waals surface area contributed by atoms with Gasteiger partial charge >= 0.3 is 0 Å². The molecule has 0 aliphatic carbocycles. The predicted molar refractivity (Wildman–Crippen MR) is 73.5 cm³/mol. The van der Waals surface area contributed by atoms with Crippen LogP contribution in [0.25, 0.3) is 0 Å². The zero-order valence-corrected chi connectivity index (χ0v) is 11.8. The minimum atomic E-state index is -1.10. The summed E-state index contributed by atoms with van der Waals surface area (Å²) in [5.41, 5.74) is 4.84. The highest BCUT2D eigenvalue weighted by Gasteiger charge is 2.39. The van der Waals surface area contributed by atoms with E-state index < -0.39 is 17.4 Å². The number of hydrogen-bond donors (Lipinski definition) is 2. The van der Waals surface area contributed by atoms with Crippen molar-refractivity contribution in [3.05, 3.63) is 29.6 Å². The van der Waals surface area contributed by atoms with E-state index in [0.29, 0.717) is 12.0 Å². The topological polar surface area (TPSA) is 109 Å². The largest absolute Gasteiger partial charge is 0.368 e. The molecule has 6 nitrogen and oxygen atoms in total. The first-order chi connectivity index (χ1) is 9.37. The maximum atomic E-state index is 12.2. The molecule has 1 atom stereocenters. The minimum Gasteiger partial charge on any atom is -0.368 e. The van der Waals surface area contributed by atoms with Gasteiger partial charge < -0.3 is 11.1 Å². The van der Waals surface area contributed by atoms with E-state index in [1.165, 1.54) is 18.3 Å². The Morgan fingerprint density at radius 1 is 1.50 bits per heavy atom. The van der Waals surface area contributed by atoms with Crippen LogP contribution in [0.3, 0.4) is 0 Å². The summed E-state index contributed by atoms with van der Waals surface area (Å²) < 4.78 is 0. The molecule has 1 aromatic rings. The van der Waals surface area contributed by atoms with E-state index >= 15 is 0 Å². The first-order valence-electron chi connectivity index (χ1n) is 6.36. The molecule has 106 valence electrons. The fraction of sp³-hybridized carbons (Fsp3) is 0.429. The van der Waals surface area contributed by atoms with Crippen molar-refractivity contribution in [2.45, 2.75) is 32.7 Å². The fourth-order valence-electron chi connectivity index (χ4n) is 2.02. The number of nitriles is 1. The Kier molecular flexibility index (Phi) is 4.81. The number of nitrogens with zero attached hydrogens (tertiary/aromatic N) is 2. The van der Waals surface area contributed by atoms with E-state index in [1.54, 1.807) is 6.92 Å². The SMILES string of the molecule is CC[C@@](NC(=O)c1ccc(C#N)cn1)(C(N)=O)C(C)C. The van der Waals surface area contributed by atoms with Gasteiger partial charge in [-0.2, -0.15) is 5.26 Å². The first kappa shape index (κ1) is 15.6. The molecule has 0 bridgehead atoms. The van der Waals surface area contributed by atoms with Crippen molar-refractivity contribution in [2.24, 2.45) is 11.7 Å². The predicted octanol–water partition coefficient (Wildman–Crippen LogP) is 0.973. The highest BCUT2D eigenvalue weighted by atomic mass is 16.2. The third kappa shape index (κ3) is 2.94. The van der Waals surface area contributed by atoms with Gasteiger partial charge in [-0.05, 0) is 24.5 Å². The molecule has 0 spiro atoms. The number of amides is 2. The molecule has 0 aliphatic rings. The smallest absolute Gasteiger partial charge is 0.270 e. The first-order valence-corrected chi connectivity index (χ1v) is 6.36. The van der Waals surface area contributed by atoms with Gasteiger partial charge in [0.2, 0.25) is 5.91 Å². The maximum absolute atomic E-state index is 12.2. The van der Waals surface area contributed by atoms with E-state index in [4.69, 9.17) is 11.0 Å². The lowest BCUT2D eigenvalue weighted by molar-refractivity contribution is -0.126. The zero-order chi connectivity index (χ0) is 15.3. The Hall–Kier alpha value is -2.42. The molecule has 0 saturated carbocycles. The Labute approximate surface area is 118 Å². The van der Waals surface area contributed by atoms with Crippen LogP contribution in [0, 0.1) is 17.2 Å². The summed E-state index contributed by atoms with van der Waals surface area (Å²) in [5.74, 6) is -1.20. The van der Waals surface area contributed by atoms with E-state index in [0.717, 1.165) is 0 Å². The molecule has 20 heavy (non-hydrogen) atoms. The van der Waals surface area contributed by atoms with Gasteiger partial charge in [0.1, 0.15) is 17.3 Å². The molecule has 1 rings (SSSR count). The standard InChI is InChI=1S/C14H18N4O2/c1-4-14(9(2)3,13(16)20)18-12(19)11-6-5-10(7-15)8-17-11/h5-6,8-9H,4H2,1-3H3,(H2,16,20)(H,18,19)/t14-/m0/s1. The molecule has 0 fully saturated rings. The Morgan fingerprint density at radius 2 is 2.15 bits per heavy atom. The van der Waals surface area contributed by atoms with Crippen molar-refractivity contribution in [1.82, 2.24) is 10.3 Å². The van der Waals surface area contributed by atoms with Crippen molar-refractivity contribution in [3.63, 3.8) is 0 Å². The number of aromatic nitrogens is 1. The summed E-state index contributed by atoms with van der Waals surface area (Å²) in [4.78, 5) is 27.8. The number of nitrogens with two attached hydrogens (primary N) is 1. The van der Waals surface area contributed by atoms with Crippen LogP contribution in [-0.2, 0) is 4.79 Å². The minimum absolute atomic E-state index is 0.142. The van der Waals surface area contributed by atoms with E-state index in [-0.39, 0.29) is 11.6 Å². The summed E-state index contributed by atoms with van der Waals surface area (Å²) in [6.45, 7) is 5.43. The van der Waals surface area contributed by atoms with Crippen LogP contribution in [0.4, 0.5) is 0 Å². The van der Waals surface area contributed by atoms with E-state index in [9.17, 15) is 9.59 Å². The maximum Gasteiger partial charge on any atom is 0.270 e. The Balaban J connectivity index is 3.02. The highest BCUT2D eigenvalue weighted by molar-refractivity contribution is 5.97. The highest BCUT2D eigenvalue weighted by Crippen LogP contribution is 2.21. The second-order valence-corrected chi connectivity index (χ2v) is 4.84. The van der Waals surface area contributed by atoms with Crippen molar-refractivity contribution < 1.29 is 9.59 Å². The molecule has 3 N–H and O–H groups in total. The second-order valence-electron chi connectivity index (χ2n) is 4.84. The van der Waals surface area contributed by atoms with E-state index in [1.807, 2.05) is 19.9 Å². The summed E-state index contributed by atoms with van der Waals surface area (Å²) >= 11 is 0. The number of pyridine rings is 1. The molecule has 1 heterocycles. The number of hydrogen-bond acceptors (Lipinski definition) is 4. The van der Waals surface area contributed by atoms with Gasteiger partial charge in [-0.25, -0.2) is 4.98 Å². The molecule has 0 unspecified atom stereocenters. The monoisotopic (exact) mass is 274 g/mol. The lowest BCUT2D eigenvalue weighted by Crippen LogP contribution is -2.60.